The Morgan fingerprint density at radius 1 is 1.26 bits per heavy atom. The van der Waals surface area contributed by atoms with Gasteiger partial charge in [-0.1, -0.05) is 18.2 Å². The minimum absolute atomic E-state index is 0.0574. The van der Waals surface area contributed by atoms with Crippen molar-refractivity contribution >= 4 is 17.5 Å². The molecule has 5 nitrogen and oxygen atoms in total. The molecule has 0 bridgehead atoms. The fraction of sp³-hybridized carbons (Fsp3) is 0.444. The smallest absolute Gasteiger partial charge is 0.225 e. The molecule has 1 saturated heterocycles. The van der Waals surface area contributed by atoms with Gasteiger partial charge in [0.2, 0.25) is 11.8 Å². The molecule has 23 heavy (non-hydrogen) atoms. The van der Waals surface area contributed by atoms with Crippen LogP contribution in [0.15, 0.2) is 30.5 Å². The summed E-state index contributed by atoms with van der Waals surface area (Å²) in [6, 6.07) is 5.96. The standard InChI is InChI=1S/C18H22N2O3/c1-11(2)23-18-8-9-19(13(4)21)17(18)20(14(5)22)16-7-6-12(3)10-15(16)18/h6-7,10,17H,1,8-9H2,2-5H3/t17-,18-/m1/s1. The van der Waals surface area contributed by atoms with E-state index in [0.29, 0.717) is 18.7 Å². The molecule has 2 aliphatic heterocycles. The highest BCUT2D eigenvalue weighted by molar-refractivity contribution is 5.96. The van der Waals surface area contributed by atoms with Crippen LogP contribution >= 0.6 is 0 Å². The summed E-state index contributed by atoms with van der Waals surface area (Å²) < 4.78 is 6.18. The summed E-state index contributed by atoms with van der Waals surface area (Å²) in [5, 5.41) is 0. The normalized spacial score (nSPS) is 25.1. The van der Waals surface area contributed by atoms with E-state index in [9.17, 15) is 9.59 Å². The van der Waals surface area contributed by atoms with E-state index in [1.807, 2.05) is 19.1 Å². The summed E-state index contributed by atoms with van der Waals surface area (Å²) in [7, 11) is 0. The first-order valence-electron chi connectivity index (χ1n) is 7.80. The number of aryl methyl sites for hydroxylation is 1. The van der Waals surface area contributed by atoms with Crippen LogP contribution in [0, 0.1) is 6.92 Å². The van der Waals surface area contributed by atoms with Gasteiger partial charge in [-0.2, -0.15) is 0 Å². The molecule has 1 aromatic carbocycles. The second-order valence-electron chi connectivity index (χ2n) is 6.44. The van der Waals surface area contributed by atoms with E-state index < -0.39 is 11.8 Å². The van der Waals surface area contributed by atoms with Crippen molar-refractivity contribution in [1.29, 1.82) is 0 Å². The Balaban J connectivity index is 2.25. The van der Waals surface area contributed by atoms with Gasteiger partial charge in [-0.3, -0.25) is 14.5 Å². The van der Waals surface area contributed by atoms with Gasteiger partial charge >= 0.3 is 0 Å². The van der Waals surface area contributed by atoms with Crippen molar-refractivity contribution in [3.8, 4) is 0 Å². The third-order valence-electron chi connectivity index (χ3n) is 4.65. The molecule has 0 radical (unpaired) electrons. The number of anilines is 1. The average molecular weight is 314 g/mol. The van der Waals surface area contributed by atoms with Crippen molar-refractivity contribution in [1.82, 2.24) is 4.90 Å². The summed E-state index contributed by atoms with van der Waals surface area (Å²) in [5.74, 6) is 0.427. The first-order valence-corrected chi connectivity index (χ1v) is 7.80. The molecule has 2 amide bonds. The number of hydrogen-bond donors (Lipinski definition) is 0. The molecule has 0 N–H and O–H groups in total. The molecule has 5 heteroatoms. The number of nitrogens with zero attached hydrogens (tertiary/aromatic N) is 2. The van der Waals surface area contributed by atoms with E-state index in [2.05, 4.69) is 12.6 Å². The molecule has 122 valence electrons. The van der Waals surface area contributed by atoms with E-state index in [4.69, 9.17) is 4.74 Å². The molecule has 2 atom stereocenters. The number of hydrogen-bond acceptors (Lipinski definition) is 3. The summed E-state index contributed by atoms with van der Waals surface area (Å²) >= 11 is 0. The highest BCUT2D eigenvalue weighted by atomic mass is 16.5. The Labute approximate surface area is 136 Å². The zero-order valence-electron chi connectivity index (χ0n) is 14.0. The SMILES string of the molecule is C=C(C)O[C@@]12CCN(C(C)=O)[C@@H]1N(C(C)=O)c1ccc(C)cc12. The van der Waals surface area contributed by atoms with Crippen LogP contribution in [0.4, 0.5) is 5.69 Å². The third-order valence-corrected chi connectivity index (χ3v) is 4.65. The van der Waals surface area contributed by atoms with Gasteiger partial charge in [0.1, 0.15) is 0 Å². The van der Waals surface area contributed by atoms with Crippen molar-refractivity contribution < 1.29 is 14.3 Å². The lowest BCUT2D eigenvalue weighted by Gasteiger charge is -2.36. The molecule has 0 aromatic heterocycles. The van der Waals surface area contributed by atoms with Crippen LogP contribution in [0.25, 0.3) is 0 Å². The van der Waals surface area contributed by atoms with Crippen molar-refractivity contribution in [2.45, 2.75) is 45.9 Å². The summed E-state index contributed by atoms with van der Waals surface area (Å²) in [4.78, 5) is 27.9. The minimum atomic E-state index is -0.732. The molecule has 0 spiro atoms. The maximum Gasteiger partial charge on any atom is 0.225 e. The topological polar surface area (TPSA) is 49.9 Å². The van der Waals surface area contributed by atoms with E-state index in [0.717, 1.165) is 16.8 Å². The fourth-order valence-electron chi connectivity index (χ4n) is 3.88. The lowest BCUT2D eigenvalue weighted by atomic mass is 9.91. The Morgan fingerprint density at radius 3 is 2.52 bits per heavy atom. The van der Waals surface area contributed by atoms with Crippen molar-refractivity contribution in [3.63, 3.8) is 0 Å². The number of allylic oxidation sites excluding steroid dienone is 1. The second-order valence-corrected chi connectivity index (χ2v) is 6.44. The average Bonchev–Trinajstić information content (AvgIpc) is 2.90. The van der Waals surface area contributed by atoms with E-state index in [1.54, 1.807) is 16.7 Å². The van der Waals surface area contributed by atoms with Crippen molar-refractivity contribution in [2.75, 3.05) is 11.4 Å². The number of carbonyl (C=O) groups excluding carboxylic acids is 2. The number of likely N-dealkylation sites (tertiary alicyclic amines) is 1. The molecule has 0 unspecified atom stereocenters. The van der Waals surface area contributed by atoms with E-state index in [-0.39, 0.29) is 11.8 Å². The minimum Gasteiger partial charge on any atom is -0.483 e. The zero-order chi connectivity index (χ0) is 16.9. The van der Waals surface area contributed by atoms with Crippen LogP contribution < -0.4 is 4.90 Å². The van der Waals surface area contributed by atoms with Crippen LogP contribution in [0.3, 0.4) is 0 Å². The van der Waals surface area contributed by atoms with Gasteiger partial charge in [-0.15, -0.1) is 0 Å². The lowest BCUT2D eigenvalue weighted by Crippen LogP contribution is -2.53. The molecule has 3 rings (SSSR count). The van der Waals surface area contributed by atoms with Gasteiger partial charge < -0.3 is 9.64 Å². The van der Waals surface area contributed by atoms with E-state index in [1.165, 1.54) is 13.8 Å². The zero-order valence-corrected chi connectivity index (χ0v) is 14.0. The Morgan fingerprint density at radius 2 is 1.96 bits per heavy atom. The number of ether oxygens (including phenoxy) is 1. The predicted molar refractivity (Wildman–Crippen MR) is 87.7 cm³/mol. The predicted octanol–water partition coefficient (Wildman–Crippen LogP) is 2.69. The van der Waals surface area contributed by atoms with Crippen LogP contribution in [-0.2, 0) is 19.9 Å². The Kier molecular flexibility index (Phi) is 3.47. The molecule has 1 aromatic rings. The Hall–Kier alpha value is -2.30. The number of fused-ring (bicyclic) bond motifs is 3. The third kappa shape index (κ3) is 2.14. The number of amides is 2. The van der Waals surface area contributed by atoms with Crippen molar-refractivity contribution in [2.24, 2.45) is 0 Å². The number of carbonyl (C=O) groups is 2. The summed E-state index contributed by atoms with van der Waals surface area (Å²) in [5.41, 5.74) is 2.15. The Bertz CT molecular complexity index is 712. The molecule has 1 fully saturated rings. The van der Waals surface area contributed by atoms with Gasteiger partial charge in [0.25, 0.3) is 0 Å². The van der Waals surface area contributed by atoms with Gasteiger partial charge in [-0.05, 0) is 26.0 Å². The quantitative estimate of drug-likeness (QED) is 0.789. The van der Waals surface area contributed by atoms with Crippen LogP contribution in [0.2, 0.25) is 0 Å². The first kappa shape index (κ1) is 15.6. The molecular formula is C18H22N2O3. The number of rotatable bonds is 2. The second kappa shape index (κ2) is 5.11. The van der Waals surface area contributed by atoms with Crippen LogP contribution in [0.1, 0.15) is 38.3 Å². The highest BCUT2D eigenvalue weighted by Gasteiger charge is 2.61. The van der Waals surface area contributed by atoms with Gasteiger partial charge in [0, 0.05) is 32.4 Å². The molecule has 2 heterocycles. The summed E-state index contributed by atoms with van der Waals surface area (Å²) in [6.45, 7) is 11.3. The van der Waals surface area contributed by atoms with Crippen LogP contribution in [-0.4, -0.2) is 29.4 Å². The molecular weight excluding hydrogens is 292 g/mol. The number of benzene rings is 1. The molecule has 0 aliphatic carbocycles. The molecule has 0 saturated carbocycles. The first-order chi connectivity index (χ1) is 10.8. The van der Waals surface area contributed by atoms with Gasteiger partial charge in [0.15, 0.2) is 11.8 Å². The molecule has 2 aliphatic rings. The lowest BCUT2D eigenvalue weighted by molar-refractivity contribution is -0.133. The maximum absolute atomic E-state index is 12.3. The largest absolute Gasteiger partial charge is 0.483 e. The highest BCUT2D eigenvalue weighted by Crippen LogP contribution is 2.54. The van der Waals surface area contributed by atoms with Gasteiger partial charge in [0.05, 0.1) is 11.4 Å². The van der Waals surface area contributed by atoms with Crippen LogP contribution in [0.5, 0.6) is 0 Å². The fourth-order valence-corrected chi connectivity index (χ4v) is 3.88. The summed E-state index contributed by atoms with van der Waals surface area (Å²) in [6.07, 6.45) is 0.190. The monoisotopic (exact) mass is 314 g/mol. The van der Waals surface area contributed by atoms with Crippen molar-refractivity contribution in [3.05, 3.63) is 41.7 Å². The van der Waals surface area contributed by atoms with Gasteiger partial charge in [-0.25, -0.2) is 0 Å². The van der Waals surface area contributed by atoms with E-state index >= 15 is 0 Å². The maximum atomic E-state index is 12.3.